The van der Waals surface area contributed by atoms with E-state index in [1.165, 1.54) is 71.2 Å². The highest BCUT2D eigenvalue weighted by molar-refractivity contribution is 6.19. The Hall–Kier alpha value is -8.34. The first-order chi connectivity index (χ1) is 30.7. The quantitative estimate of drug-likeness (QED) is 0.174. The number of fused-ring (bicyclic) bond motifs is 9. The van der Waals surface area contributed by atoms with Gasteiger partial charge < -0.3 is 9.13 Å². The SMILES string of the molecule is c1ccc(-c2ccc(-c3nc(-c4ccc5cc(-n6c7cc8ccccc8cc7c7c(-n8c9ccccc9c9ccccc98)cccc76)ccc5c4)c4ccccc4n3)cc2)cc1. The number of benzene rings is 10. The Morgan fingerprint density at radius 3 is 1.68 bits per heavy atom. The first-order valence-corrected chi connectivity index (χ1v) is 21.2. The van der Waals surface area contributed by atoms with Gasteiger partial charge in [-0.1, -0.05) is 158 Å². The van der Waals surface area contributed by atoms with Crippen molar-refractivity contribution in [2.45, 2.75) is 0 Å². The van der Waals surface area contributed by atoms with E-state index in [4.69, 9.17) is 9.97 Å². The van der Waals surface area contributed by atoms with Crippen molar-refractivity contribution in [3.8, 4) is 45.1 Å². The van der Waals surface area contributed by atoms with E-state index >= 15 is 0 Å². The molecule has 3 heterocycles. The van der Waals surface area contributed by atoms with Gasteiger partial charge in [0, 0.05) is 43.7 Å². The van der Waals surface area contributed by atoms with Gasteiger partial charge in [0.2, 0.25) is 0 Å². The number of hydrogen-bond donors (Lipinski definition) is 0. The van der Waals surface area contributed by atoms with E-state index in [2.05, 4.69) is 215 Å². The molecular formula is C58H36N4. The fraction of sp³-hybridized carbons (Fsp3) is 0. The normalized spacial score (nSPS) is 11.9. The summed E-state index contributed by atoms with van der Waals surface area (Å²) in [6.07, 6.45) is 0. The minimum absolute atomic E-state index is 0.716. The smallest absolute Gasteiger partial charge is 0.160 e. The predicted octanol–water partition coefficient (Wildman–Crippen LogP) is 15.1. The van der Waals surface area contributed by atoms with E-state index < -0.39 is 0 Å². The first-order valence-electron chi connectivity index (χ1n) is 21.2. The van der Waals surface area contributed by atoms with Gasteiger partial charge in [0.05, 0.1) is 39.0 Å². The summed E-state index contributed by atoms with van der Waals surface area (Å²) in [6.45, 7) is 0. The summed E-state index contributed by atoms with van der Waals surface area (Å²) in [5.41, 5.74) is 13.3. The van der Waals surface area contributed by atoms with Gasteiger partial charge in [-0.15, -0.1) is 0 Å². The van der Waals surface area contributed by atoms with Crippen LogP contribution in [0.15, 0.2) is 218 Å². The van der Waals surface area contributed by atoms with Crippen molar-refractivity contribution in [2.24, 2.45) is 0 Å². The fourth-order valence-electron chi connectivity index (χ4n) is 9.77. The van der Waals surface area contributed by atoms with Crippen molar-refractivity contribution in [2.75, 3.05) is 0 Å². The highest BCUT2D eigenvalue weighted by Crippen LogP contribution is 2.42. The summed E-state index contributed by atoms with van der Waals surface area (Å²) in [5, 5.41) is 10.8. The lowest BCUT2D eigenvalue weighted by molar-refractivity contribution is 1.17. The maximum atomic E-state index is 5.25. The minimum atomic E-state index is 0.716. The molecule has 0 spiro atoms. The Morgan fingerprint density at radius 2 is 0.887 bits per heavy atom. The molecule has 10 aromatic carbocycles. The molecule has 0 saturated carbocycles. The molecule has 3 aromatic heterocycles. The second-order valence-electron chi connectivity index (χ2n) is 16.2. The van der Waals surface area contributed by atoms with E-state index in [1.807, 2.05) is 12.1 Å². The second-order valence-corrected chi connectivity index (χ2v) is 16.2. The van der Waals surface area contributed by atoms with Gasteiger partial charge in [0.15, 0.2) is 5.82 Å². The summed E-state index contributed by atoms with van der Waals surface area (Å²) < 4.78 is 4.91. The highest BCUT2D eigenvalue weighted by Gasteiger charge is 2.21. The van der Waals surface area contributed by atoms with Crippen molar-refractivity contribution in [3.63, 3.8) is 0 Å². The molecule has 0 N–H and O–H groups in total. The molecule has 0 saturated heterocycles. The van der Waals surface area contributed by atoms with Crippen LogP contribution >= 0.6 is 0 Å². The molecule has 13 rings (SSSR count). The largest absolute Gasteiger partial charge is 0.309 e. The Kier molecular flexibility index (Phi) is 7.57. The molecule has 0 aliphatic carbocycles. The molecule has 4 heteroatoms. The molecule has 0 aliphatic heterocycles. The minimum Gasteiger partial charge on any atom is -0.309 e. The van der Waals surface area contributed by atoms with E-state index in [-0.39, 0.29) is 0 Å². The Morgan fingerprint density at radius 1 is 0.306 bits per heavy atom. The van der Waals surface area contributed by atoms with Crippen LogP contribution in [0.3, 0.4) is 0 Å². The predicted molar refractivity (Wildman–Crippen MR) is 260 cm³/mol. The summed E-state index contributed by atoms with van der Waals surface area (Å²) in [5.74, 6) is 0.716. The maximum absolute atomic E-state index is 5.25. The molecule has 0 amide bonds. The standard InChI is InChI=1S/C58H36N4/c1-2-13-37(14-3-1)38-25-27-39(28-26-38)58-59-50-20-9-6-19-48(50)57(60-58)44-30-29-43-34-45(32-31-42(43)33-44)61-53-23-12-24-54(56(53)49-35-40-15-4-5-16-41(40)36-55(49)61)62-51-21-10-7-17-46(51)47-18-8-11-22-52(47)62/h1-36H. The van der Waals surface area contributed by atoms with Gasteiger partial charge in [-0.25, -0.2) is 9.97 Å². The topological polar surface area (TPSA) is 35.6 Å². The molecule has 13 aromatic rings. The van der Waals surface area contributed by atoms with Gasteiger partial charge in [0.1, 0.15) is 0 Å². The Labute approximate surface area is 357 Å². The number of aromatic nitrogens is 4. The zero-order chi connectivity index (χ0) is 40.7. The van der Waals surface area contributed by atoms with Crippen LogP contribution in [0, 0.1) is 0 Å². The van der Waals surface area contributed by atoms with E-state index in [9.17, 15) is 0 Å². The van der Waals surface area contributed by atoms with E-state index in [0.717, 1.165) is 44.2 Å². The third-order valence-electron chi connectivity index (χ3n) is 12.7. The van der Waals surface area contributed by atoms with E-state index in [0.29, 0.717) is 5.82 Å². The summed E-state index contributed by atoms with van der Waals surface area (Å²) in [7, 11) is 0. The lowest BCUT2D eigenvalue weighted by Gasteiger charge is -2.13. The lowest BCUT2D eigenvalue weighted by atomic mass is 10.0. The van der Waals surface area contributed by atoms with Crippen molar-refractivity contribution in [3.05, 3.63) is 218 Å². The first kappa shape index (κ1) is 34.5. The van der Waals surface area contributed by atoms with Crippen LogP contribution in [0.1, 0.15) is 0 Å². The summed E-state index contributed by atoms with van der Waals surface area (Å²) >= 11 is 0. The molecule has 0 atom stereocenters. The van der Waals surface area contributed by atoms with Crippen LogP contribution in [-0.4, -0.2) is 19.1 Å². The zero-order valence-electron chi connectivity index (χ0n) is 33.6. The van der Waals surface area contributed by atoms with Crippen LogP contribution in [0.25, 0.3) is 121 Å². The summed E-state index contributed by atoms with van der Waals surface area (Å²) in [4.78, 5) is 10.3. The van der Waals surface area contributed by atoms with Crippen molar-refractivity contribution >= 4 is 76.1 Å². The monoisotopic (exact) mass is 788 g/mol. The number of para-hydroxylation sites is 3. The fourth-order valence-corrected chi connectivity index (χ4v) is 9.77. The molecule has 0 radical (unpaired) electrons. The lowest BCUT2D eigenvalue weighted by Crippen LogP contribution is -1.97. The molecule has 0 unspecified atom stereocenters. The van der Waals surface area contributed by atoms with Gasteiger partial charge in [-0.05, 0) is 93.3 Å². The van der Waals surface area contributed by atoms with Crippen LogP contribution in [-0.2, 0) is 0 Å². The van der Waals surface area contributed by atoms with Crippen LogP contribution in [0.4, 0.5) is 0 Å². The molecule has 0 fully saturated rings. The average molecular weight is 789 g/mol. The van der Waals surface area contributed by atoms with Crippen molar-refractivity contribution in [1.82, 2.24) is 19.1 Å². The van der Waals surface area contributed by atoms with Gasteiger partial charge in [0.25, 0.3) is 0 Å². The van der Waals surface area contributed by atoms with Gasteiger partial charge in [-0.2, -0.15) is 0 Å². The molecule has 4 nitrogen and oxygen atoms in total. The van der Waals surface area contributed by atoms with Gasteiger partial charge in [-0.3, -0.25) is 0 Å². The van der Waals surface area contributed by atoms with Crippen molar-refractivity contribution in [1.29, 1.82) is 0 Å². The Balaban J connectivity index is 0.974. The third-order valence-corrected chi connectivity index (χ3v) is 12.7. The zero-order valence-corrected chi connectivity index (χ0v) is 33.6. The highest BCUT2D eigenvalue weighted by atomic mass is 15.0. The van der Waals surface area contributed by atoms with Crippen molar-refractivity contribution < 1.29 is 0 Å². The molecule has 288 valence electrons. The van der Waals surface area contributed by atoms with Crippen LogP contribution in [0.2, 0.25) is 0 Å². The number of rotatable bonds is 5. The molecular weight excluding hydrogens is 753 g/mol. The Bertz CT molecular complexity index is 3860. The van der Waals surface area contributed by atoms with E-state index in [1.54, 1.807) is 0 Å². The maximum Gasteiger partial charge on any atom is 0.160 e. The number of nitrogens with zero attached hydrogens (tertiary/aromatic N) is 4. The molecule has 0 bridgehead atoms. The molecule has 62 heavy (non-hydrogen) atoms. The third kappa shape index (κ3) is 5.33. The summed E-state index contributed by atoms with van der Waals surface area (Å²) in [6, 6.07) is 78.7. The second kappa shape index (κ2) is 13.6. The van der Waals surface area contributed by atoms with Crippen LogP contribution < -0.4 is 0 Å². The van der Waals surface area contributed by atoms with Crippen LogP contribution in [0.5, 0.6) is 0 Å². The van der Waals surface area contributed by atoms with Gasteiger partial charge >= 0.3 is 0 Å². The molecule has 0 aliphatic rings. The number of hydrogen-bond acceptors (Lipinski definition) is 2. The average Bonchev–Trinajstić information content (AvgIpc) is 3.85.